The Morgan fingerprint density at radius 3 is 3.19 bits per heavy atom. The Morgan fingerprint density at radius 2 is 2.31 bits per heavy atom. The van der Waals surface area contributed by atoms with Crippen LogP contribution in [0.15, 0.2) is 24.5 Å². The van der Waals surface area contributed by atoms with Gasteiger partial charge in [0.25, 0.3) is 0 Å². The summed E-state index contributed by atoms with van der Waals surface area (Å²) in [5, 5.41) is 0.989. The van der Waals surface area contributed by atoms with E-state index in [4.69, 9.17) is 4.74 Å². The van der Waals surface area contributed by atoms with Crippen LogP contribution in [0.1, 0.15) is 24.6 Å². The molecule has 2 aromatic rings. The smallest absolute Gasteiger partial charge is 0.162 e. The van der Waals surface area contributed by atoms with E-state index in [0.29, 0.717) is 5.92 Å². The SMILES string of the molecule is c1cnc2nc(C3CCCOC3)ncc2c1. The van der Waals surface area contributed by atoms with Gasteiger partial charge in [-0.25, -0.2) is 15.0 Å². The van der Waals surface area contributed by atoms with E-state index in [9.17, 15) is 0 Å². The first-order valence-electron chi connectivity index (χ1n) is 5.59. The first kappa shape index (κ1) is 9.66. The highest BCUT2D eigenvalue weighted by Crippen LogP contribution is 2.23. The van der Waals surface area contributed by atoms with Gasteiger partial charge in [-0.3, -0.25) is 0 Å². The van der Waals surface area contributed by atoms with Crippen molar-refractivity contribution in [3.63, 3.8) is 0 Å². The van der Waals surface area contributed by atoms with Crippen molar-refractivity contribution in [1.82, 2.24) is 15.0 Å². The van der Waals surface area contributed by atoms with Crippen LogP contribution in [0.2, 0.25) is 0 Å². The lowest BCUT2D eigenvalue weighted by Crippen LogP contribution is -2.17. The molecule has 4 nitrogen and oxygen atoms in total. The molecule has 3 heterocycles. The fraction of sp³-hybridized carbons (Fsp3) is 0.417. The highest BCUT2D eigenvalue weighted by molar-refractivity contribution is 5.72. The zero-order valence-electron chi connectivity index (χ0n) is 8.97. The molecule has 1 atom stereocenters. The van der Waals surface area contributed by atoms with Crippen molar-refractivity contribution < 1.29 is 4.74 Å². The maximum Gasteiger partial charge on any atom is 0.162 e. The van der Waals surface area contributed by atoms with E-state index in [2.05, 4.69) is 15.0 Å². The highest BCUT2D eigenvalue weighted by atomic mass is 16.5. The zero-order chi connectivity index (χ0) is 10.8. The minimum Gasteiger partial charge on any atom is -0.381 e. The second-order valence-corrected chi connectivity index (χ2v) is 4.06. The molecule has 1 saturated heterocycles. The summed E-state index contributed by atoms with van der Waals surface area (Å²) < 4.78 is 5.45. The molecule has 0 aromatic carbocycles. The quantitative estimate of drug-likeness (QED) is 0.729. The molecule has 0 radical (unpaired) electrons. The molecule has 1 aliphatic rings. The summed E-state index contributed by atoms with van der Waals surface area (Å²) in [6.45, 7) is 1.60. The van der Waals surface area contributed by atoms with Gasteiger partial charge >= 0.3 is 0 Å². The van der Waals surface area contributed by atoms with E-state index in [1.54, 1.807) is 6.20 Å². The molecule has 0 amide bonds. The largest absolute Gasteiger partial charge is 0.381 e. The first-order chi connectivity index (χ1) is 7.93. The van der Waals surface area contributed by atoms with Gasteiger partial charge in [-0.1, -0.05) is 0 Å². The summed E-state index contributed by atoms with van der Waals surface area (Å²) in [7, 11) is 0. The number of aromatic nitrogens is 3. The van der Waals surface area contributed by atoms with E-state index in [1.807, 2.05) is 18.3 Å². The molecule has 82 valence electrons. The van der Waals surface area contributed by atoms with Crippen molar-refractivity contribution in [1.29, 1.82) is 0 Å². The van der Waals surface area contributed by atoms with E-state index in [1.165, 1.54) is 0 Å². The number of rotatable bonds is 1. The molecular formula is C12H13N3O. The van der Waals surface area contributed by atoms with Gasteiger partial charge in [0.15, 0.2) is 5.65 Å². The Kier molecular flexibility index (Phi) is 2.50. The van der Waals surface area contributed by atoms with Gasteiger partial charge in [0.1, 0.15) is 5.82 Å². The Bertz CT molecular complexity index is 494. The summed E-state index contributed by atoms with van der Waals surface area (Å²) in [5.41, 5.74) is 0.776. The minimum atomic E-state index is 0.333. The topological polar surface area (TPSA) is 47.9 Å². The lowest BCUT2D eigenvalue weighted by molar-refractivity contribution is 0.0781. The fourth-order valence-electron chi connectivity index (χ4n) is 2.02. The Morgan fingerprint density at radius 1 is 1.31 bits per heavy atom. The number of fused-ring (bicyclic) bond motifs is 1. The van der Waals surface area contributed by atoms with Gasteiger partial charge in [0, 0.05) is 30.3 Å². The average Bonchev–Trinajstić information content (AvgIpc) is 2.39. The van der Waals surface area contributed by atoms with Crippen LogP contribution in [-0.2, 0) is 4.74 Å². The van der Waals surface area contributed by atoms with Crippen molar-refractivity contribution in [2.24, 2.45) is 0 Å². The lowest BCUT2D eigenvalue weighted by atomic mass is 10.0. The Balaban J connectivity index is 1.97. The fourth-order valence-corrected chi connectivity index (χ4v) is 2.02. The molecule has 16 heavy (non-hydrogen) atoms. The van der Waals surface area contributed by atoms with Gasteiger partial charge in [-0.05, 0) is 25.0 Å². The third-order valence-corrected chi connectivity index (χ3v) is 2.90. The summed E-state index contributed by atoms with van der Waals surface area (Å²) in [6.07, 6.45) is 5.81. The van der Waals surface area contributed by atoms with Crippen LogP contribution < -0.4 is 0 Å². The standard InChI is InChI=1S/C12H13N3O/c1-3-9-7-14-12(15-11(9)13-5-1)10-4-2-6-16-8-10/h1,3,5,7,10H,2,4,6,8H2. The molecule has 0 bridgehead atoms. The molecule has 0 spiro atoms. The van der Waals surface area contributed by atoms with Crippen LogP contribution in [-0.4, -0.2) is 28.2 Å². The lowest BCUT2D eigenvalue weighted by Gasteiger charge is -2.20. The van der Waals surface area contributed by atoms with Crippen LogP contribution in [0, 0.1) is 0 Å². The predicted octanol–water partition coefficient (Wildman–Crippen LogP) is 1.92. The predicted molar refractivity (Wildman–Crippen MR) is 60.1 cm³/mol. The average molecular weight is 215 g/mol. The molecule has 3 rings (SSSR count). The molecule has 2 aromatic heterocycles. The van der Waals surface area contributed by atoms with Crippen LogP contribution in [0.4, 0.5) is 0 Å². The van der Waals surface area contributed by atoms with Crippen LogP contribution in [0.5, 0.6) is 0 Å². The third-order valence-electron chi connectivity index (χ3n) is 2.90. The second kappa shape index (κ2) is 4.14. The molecule has 1 unspecified atom stereocenters. The van der Waals surface area contributed by atoms with E-state index in [-0.39, 0.29) is 0 Å². The molecule has 0 aliphatic carbocycles. The first-order valence-corrected chi connectivity index (χ1v) is 5.59. The van der Waals surface area contributed by atoms with Gasteiger partial charge in [0.2, 0.25) is 0 Å². The van der Waals surface area contributed by atoms with Crippen molar-refractivity contribution in [3.05, 3.63) is 30.4 Å². The maximum absolute atomic E-state index is 5.45. The number of ether oxygens (including phenoxy) is 1. The number of hydrogen-bond acceptors (Lipinski definition) is 4. The van der Waals surface area contributed by atoms with E-state index >= 15 is 0 Å². The normalized spacial score (nSPS) is 21.1. The summed E-state index contributed by atoms with van der Waals surface area (Å²) in [4.78, 5) is 13.1. The van der Waals surface area contributed by atoms with E-state index < -0.39 is 0 Å². The summed E-state index contributed by atoms with van der Waals surface area (Å²) in [5.74, 6) is 1.20. The van der Waals surface area contributed by atoms with Gasteiger partial charge in [-0.2, -0.15) is 0 Å². The molecular weight excluding hydrogens is 202 g/mol. The van der Waals surface area contributed by atoms with Crippen molar-refractivity contribution >= 4 is 11.0 Å². The highest BCUT2D eigenvalue weighted by Gasteiger charge is 2.18. The molecule has 0 N–H and O–H groups in total. The van der Waals surface area contributed by atoms with Crippen LogP contribution in [0.3, 0.4) is 0 Å². The van der Waals surface area contributed by atoms with Crippen molar-refractivity contribution in [2.45, 2.75) is 18.8 Å². The second-order valence-electron chi connectivity index (χ2n) is 4.06. The summed E-state index contributed by atoms with van der Waals surface area (Å²) in [6, 6.07) is 3.87. The molecule has 0 saturated carbocycles. The number of pyridine rings is 1. The Labute approximate surface area is 93.7 Å². The van der Waals surface area contributed by atoms with Crippen molar-refractivity contribution in [2.75, 3.05) is 13.2 Å². The number of hydrogen-bond donors (Lipinski definition) is 0. The summed E-state index contributed by atoms with van der Waals surface area (Å²) >= 11 is 0. The molecule has 1 aliphatic heterocycles. The maximum atomic E-state index is 5.45. The number of nitrogens with zero attached hydrogens (tertiary/aromatic N) is 3. The van der Waals surface area contributed by atoms with Gasteiger partial charge in [-0.15, -0.1) is 0 Å². The van der Waals surface area contributed by atoms with Gasteiger partial charge < -0.3 is 4.74 Å². The van der Waals surface area contributed by atoms with E-state index in [0.717, 1.165) is 42.9 Å². The Hall–Kier alpha value is -1.55. The van der Waals surface area contributed by atoms with Crippen molar-refractivity contribution in [3.8, 4) is 0 Å². The van der Waals surface area contributed by atoms with Crippen LogP contribution >= 0.6 is 0 Å². The third kappa shape index (κ3) is 1.76. The molecule has 4 heteroatoms. The van der Waals surface area contributed by atoms with Crippen LogP contribution in [0.25, 0.3) is 11.0 Å². The van der Waals surface area contributed by atoms with Gasteiger partial charge in [0.05, 0.1) is 6.61 Å². The molecule has 1 fully saturated rings. The minimum absolute atomic E-state index is 0.333. The zero-order valence-corrected chi connectivity index (χ0v) is 8.97. The monoisotopic (exact) mass is 215 g/mol.